The summed E-state index contributed by atoms with van der Waals surface area (Å²) < 4.78 is 1.64. The van der Waals surface area contributed by atoms with Crippen molar-refractivity contribution in [3.05, 3.63) is 40.7 Å². The first kappa shape index (κ1) is 14.8. The fourth-order valence-corrected chi connectivity index (χ4v) is 3.01. The average molecular weight is 299 g/mol. The summed E-state index contributed by atoms with van der Waals surface area (Å²) in [5.74, 6) is 0.0863. The van der Waals surface area contributed by atoms with Crippen LogP contribution in [0.1, 0.15) is 32.1 Å². The van der Waals surface area contributed by atoms with E-state index in [0.717, 1.165) is 31.4 Å². The van der Waals surface area contributed by atoms with Gasteiger partial charge in [0.1, 0.15) is 6.54 Å². The molecule has 0 N–H and O–H groups in total. The molecule has 0 radical (unpaired) electrons. The number of aromatic nitrogens is 2. The van der Waals surface area contributed by atoms with E-state index in [-0.39, 0.29) is 17.9 Å². The van der Waals surface area contributed by atoms with Gasteiger partial charge in [0.25, 0.3) is 0 Å². The predicted octanol–water partition coefficient (Wildman–Crippen LogP) is 2.19. The van der Waals surface area contributed by atoms with Gasteiger partial charge in [-0.25, -0.2) is 0 Å². The molecule has 1 aliphatic heterocycles. The number of amides is 1. The summed E-state index contributed by atoms with van der Waals surface area (Å²) in [5.41, 5.74) is 0.612. The van der Waals surface area contributed by atoms with Crippen molar-refractivity contribution < 1.29 is 4.79 Å². The first-order valence-electron chi connectivity index (χ1n) is 7.98. The van der Waals surface area contributed by atoms with Crippen LogP contribution in [0, 0.1) is 0 Å². The molecule has 1 amide bonds. The van der Waals surface area contributed by atoms with Crippen LogP contribution in [0.5, 0.6) is 0 Å². The molecule has 1 aromatic heterocycles. The van der Waals surface area contributed by atoms with Crippen LogP contribution in [-0.4, -0.2) is 33.7 Å². The summed E-state index contributed by atoms with van der Waals surface area (Å²) in [6.45, 7) is 1.86. The van der Waals surface area contributed by atoms with Gasteiger partial charge >= 0.3 is 0 Å². The van der Waals surface area contributed by atoms with E-state index in [9.17, 15) is 9.59 Å². The number of para-hydroxylation sites is 1. The van der Waals surface area contributed by atoms with Crippen molar-refractivity contribution in [2.45, 2.75) is 38.6 Å². The van der Waals surface area contributed by atoms with E-state index in [1.165, 1.54) is 25.5 Å². The number of likely N-dealkylation sites (tertiary alicyclic amines) is 1. The molecule has 5 heteroatoms. The number of rotatable bonds is 2. The number of hydrogen-bond donors (Lipinski definition) is 0. The van der Waals surface area contributed by atoms with Gasteiger partial charge in [-0.2, -0.15) is 5.10 Å². The highest BCUT2D eigenvalue weighted by atomic mass is 16.2. The fourth-order valence-electron chi connectivity index (χ4n) is 3.01. The van der Waals surface area contributed by atoms with Crippen molar-refractivity contribution in [3.63, 3.8) is 0 Å². The summed E-state index contributed by atoms with van der Waals surface area (Å²) in [5, 5.41) is 4.75. The molecule has 0 spiro atoms. The van der Waals surface area contributed by atoms with Gasteiger partial charge in [-0.15, -0.1) is 0 Å². The third-order valence-corrected chi connectivity index (χ3v) is 4.26. The van der Waals surface area contributed by atoms with Crippen molar-refractivity contribution in [2.75, 3.05) is 13.1 Å². The van der Waals surface area contributed by atoms with Gasteiger partial charge in [0.05, 0.1) is 11.7 Å². The second-order valence-electron chi connectivity index (χ2n) is 5.83. The van der Waals surface area contributed by atoms with Crippen molar-refractivity contribution in [1.29, 1.82) is 0 Å². The number of carbonyl (C=O) groups is 1. The van der Waals surface area contributed by atoms with Gasteiger partial charge in [-0.05, 0) is 25.0 Å². The molecular formula is C17H21N3O2. The molecule has 0 saturated carbocycles. The van der Waals surface area contributed by atoms with Crippen molar-refractivity contribution in [2.24, 2.45) is 0 Å². The zero-order valence-electron chi connectivity index (χ0n) is 12.7. The fraction of sp³-hybridized carbons (Fsp3) is 0.471. The zero-order valence-corrected chi connectivity index (χ0v) is 12.7. The lowest BCUT2D eigenvalue weighted by Gasteiger charge is -2.25. The molecule has 1 aliphatic rings. The monoisotopic (exact) mass is 299 g/mol. The van der Waals surface area contributed by atoms with E-state index in [1.807, 2.05) is 23.1 Å². The second-order valence-corrected chi connectivity index (χ2v) is 5.83. The van der Waals surface area contributed by atoms with Crippen LogP contribution in [0.2, 0.25) is 0 Å². The first-order valence-corrected chi connectivity index (χ1v) is 7.98. The Kier molecular flexibility index (Phi) is 4.51. The predicted molar refractivity (Wildman–Crippen MR) is 85.7 cm³/mol. The van der Waals surface area contributed by atoms with Crippen molar-refractivity contribution in [1.82, 2.24) is 14.7 Å². The van der Waals surface area contributed by atoms with Gasteiger partial charge in [-0.3, -0.25) is 14.3 Å². The van der Waals surface area contributed by atoms with Gasteiger partial charge < -0.3 is 4.90 Å². The Morgan fingerprint density at radius 3 is 2.50 bits per heavy atom. The molecular weight excluding hydrogens is 278 g/mol. The highest BCUT2D eigenvalue weighted by molar-refractivity contribution is 5.81. The summed E-state index contributed by atoms with van der Waals surface area (Å²) in [4.78, 5) is 26.3. The van der Waals surface area contributed by atoms with Gasteiger partial charge in [0.15, 0.2) is 0 Å². The lowest BCUT2D eigenvalue weighted by Crippen LogP contribution is -2.36. The Bertz CT molecular complexity index is 715. The standard InChI is InChI=1S/C17H21N3O2/c21-16-12-18-20(15-9-5-4-8-14(15)16)13-17(22)19-10-6-2-1-3-7-11-19/h4-5,8-9,12H,1-3,6-7,10-11,13H2. The van der Waals surface area contributed by atoms with Crippen LogP contribution in [0.3, 0.4) is 0 Å². The van der Waals surface area contributed by atoms with Crippen LogP contribution < -0.4 is 5.43 Å². The van der Waals surface area contributed by atoms with Gasteiger partial charge in [0.2, 0.25) is 11.3 Å². The Labute approximate surface area is 129 Å². The molecule has 2 aromatic rings. The molecule has 22 heavy (non-hydrogen) atoms. The maximum atomic E-state index is 12.5. The molecule has 0 unspecified atom stereocenters. The van der Waals surface area contributed by atoms with Crippen molar-refractivity contribution >= 4 is 16.8 Å². The number of benzene rings is 1. The highest BCUT2D eigenvalue weighted by Gasteiger charge is 2.16. The molecule has 116 valence electrons. The van der Waals surface area contributed by atoms with E-state index < -0.39 is 0 Å². The molecule has 1 aromatic carbocycles. The SMILES string of the molecule is O=C(Cn1ncc(=O)c2ccccc21)N1CCCCCCC1. The molecule has 1 fully saturated rings. The van der Waals surface area contributed by atoms with E-state index in [2.05, 4.69) is 5.10 Å². The number of carbonyl (C=O) groups excluding carboxylic acids is 1. The van der Waals surface area contributed by atoms with Crippen LogP contribution in [-0.2, 0) is 11.3 Å². The minimum absolute atomic E-state index is 0.0863. The van der Waals surface area contributed by atoms with Crippen molar-refractivity contribution in [3.8, 4) is 0 Å². The number of nitrogens with zero attached hydrogens (tertiary/aromatic N) is 3. The number of fused-ring (bicyclic) bond motifs is 1. The van der Waals surface area contributed by atoms with E-state index >= 15 is 0 Å². The lowest BCUT2D eigenvalue weighted by atomic mass is 10.1. The lowest BCUT2D eigenvalue weighted by molar-refractivity contribution is -0.132. The van der Waals surface area contributed by atoms with Crippen LogP contribution in [0.4, 0.5) is 0 Å². The highest BCUT2D eigenvalue weighted by Crippen LogP contribution is 2.12. The van der Waals surface area contributed by atoms with E-state index in [1.54, 1.807) is 10.7 Å². The molecule has 0 bridgehead atoms. The molecule has 1 saturated heterocycles. The smallest absolute Gasteiger partial charge is 0.244 e. The topological polar surface area (TPSA) is 55.2 Å². The molecule has 5 nitrogen and oxygen atoms in total. The molecule has 2 heterocycles. The van der Waals surface area contributed by atoms with Gasteiger partial charge in [-0.1, -0.05) is 31.4 Å². The quantitative estimate of drug-likeness (QED) is 0.854. The minimum atomic E-state index is -0.106. The largest absolute Gasteiger partial charge is 0.341 e. The minimum Gasteiger partial charge on any atom is -0.341 e. The summed E-state index contributed by atoms with van der Waals surface area (Å²) in [6.07, 6.45) is 7.11. The van der Waals surface area contributed by atoms with Gasteiger partial charge in [0, 0.05) is 18.5 Å². The normalized spacial score (nSPS) is 16.3. The molecule has 0 aliphatic carbocycles. The molecule has 0 atom stereocenters. The van der Waals surface area contributed by atoms with Crippen LogP contribution in [0.15, 0.2) is 35.3 Å². The van der Waals surface area contributed by atoms with E-state index in [0.29, 0.717) is 5.39 Å². The van der Waals surface area contributed by atoms with Crippen LogP contribution >= 0.6 is 0 Å². The Morgan fingerprint density at radius 1 is 1.05 bits per heavy atom. The number of hydrogen-bond acceptors (Lipinski definition) is 3. The summed E-state index contributed by atoms with van der Waals surface area (Å²) >= 11 is 0. The third kappa shape index (κ3) is 3.18. The average Bonchev–Trinajstić information content (AvgIpc) is 2.50. The maximum absolute atomic E-state index is 12.5. The molecule has 3 rings (SSSR count). The third-order valence-electron chi connectivity index (χ3n) is 4.26. The summed E-state index contributed by atoms with van der Waals surface area (Å²) in [6, 6.07) is 7.30. The Hall–Kier alpha value is -2.17. The van der Waals surface area contributed by atoms with E-state index in [4.69, 9.17) is 0 Å². The maximum Gasteiger partial charge on any atom is 0.244 e. The first-order chi connectivity index (χ1) is 10.8. The second kappa shape index (κ2) is 6.73. The Balaban J connectivity index is 1.81. The Morgan fingerprint density at radius 2 is 1.73 bits per heavy atom. The summed E-state index contributed by atoms with van der Waals surface area (Å²) in [7, 11) is 0. The van der Waals surface area contributed by atoms with Crippen LogP contribution in [0.25, 0.3) is 10.9 Å². The zero-order chi connectivity index (χ0) is 15.4.